The van der Waals surface area contributed by atoms with Gasteiger partial charge in [-0.3, -0.25) is 10.1 Å². The maximum atomic E-state index is 10.7. The number of non-ortho nitro benzene ring substituents is 1. The molecule has 21 heavy (non-hydrogen) atoms. The van der Waals surface area contributed by atoms with E-state index in [0.717, 1.165) is 0 Å². The fourth-order valence-electron chi connectivity index (χ4n) is 1.45. The highest BCUT2D eigenvalue weighted by atomic mass is 79.9. The Balaban J connectivity index is 2.21. The Morgan fingerprint density at radius 1 is 1.52 bits per heavy atom. The molecule has 1 N–H and O–H groups in total. The van der Waals surface area contributed by atoms with Crippen LogP contribution in [0.4, 0.5) is 17.3 Å². The molecule has 0 saturated heterocycles. The van der Waals surface area contributed by atoms with Gasteiger partial charge in [0.15, 0.2) is 6.61 Å². The first-order valence-electron chi connectivity index (χ1n) is 5.70. The number of aromatic nitrogens is 2. The van der Waals surface area contributed by atoms with Crippen molar-refractivity contribution in [1.29, 1.82) is 0 Å². The van der Waals surface area contributed by atoms with Gasteiger partial charge in [-0.1, -0.05) is 12.0 Å². The number of hydrogen-bond donors (Lipinski definition) is 1. The molecule has 0 bridgehead atoms. The van der Waals surface area contributed by atoms with Crippen molar-refractivity contribution in [2.75, 3.05) is 11.9 Å². The molecule has 0 fully saturated rings. The van der Waals surface area contributed by atoms with E-state index in [-0.39, 0.29) is 24.1 Å². The van der Waals surface area contributed by atoms with E-state index in [9.17, 15) is 10.1 Å². The number of nitro groups is 1. The zero-order valence-electron chi connectivity index (χ0n) is 10.6. The quantitative estimate of drug-likeness (QED) is 0.507. The van der Waals surface area contributed by atoms with E-state index in [1.165, 1.54) is 18.3 Å². The average Bonchev–Trinajstić information content (AvgIpc) is 2.48. The van der Waals surface area contributed by atoms with Gasteiger partial charge in [-0.2, -0.15) is 4.98 Å². The van der Waals surface area contributed by atoms with Crippen molar-refractivity contribution in [1.82, 2.24) is 9.97 Å². The van der Waals surface area contributed by atoms with E-state index in [0.29, 0.717) is 10.2 Å². The predicted octanol–water partition coefficient (Wildman–Crippen LogP) is 2.90. The van der Waals surface area contributed by atoms with Gasteiger partial charge in [0.25, 0.3) is 5.69 Å². The molecular weight excluding hydrogens is 340 g/mol. The number of benzene rings is 1. The van der Waals surface area contributed by atoms with Gasteiger partial charge in [0.05, 0.1) is 15.6 Å². The summed E-state index contributed by atoms with van der Waals surface area (Å²) in [5.41, 5.74) is 0.468. The Morgan fingerprint density at radius 3 is 3.05 bits per heavy atom. The van der Waals surface area contributed by atoms with Gasteiger partial charge >= 0.3 is 0 Å². The third kappa shape index (κ3) is 3.90. The SMILES string of the molecule is C#CCOc1nc(Nc2cccc([N+](=O)[O-])c2)ncc1Br. The summed E-state index contributed by atoms with van der Waals surface area (Å²) in [6.07, 6.45) is 6.62. The lowest BCUT2D eigenvalue weighted by atomic mass is 10.3. The summed E-state index contributed by atoms with van der Waals surface area (Å²) in [4.78, 5) is 18.4. The molecule has 0 amide bonds. The predicted molar refractivity (Wildman–Crippen MR) is 80.4 cm³/mol. The minimum absolute atomic E-state index is 0.0269. The number of nitrogens with zero attached hydrogens (tertiary/aromatic N) is 3. The van der Waals surface area contributed by atoms with Crippen LogP contribution in [0.3, 0.4) is 0 Å². The first-order valence-corrected chi connectivity index (χ1v) is 6.49. The molecule has 7 nitrogen and oxygen atoms in total. The molecule has 106 valence electrons. The van der Waals surface area contributed by atoms with Crippen molar-refractivity contribution in [3.63, 3.8) is 0 Å². The van der Waals surface area contributed by atoms with Crippen molar-refractivity contribution >= 4 is 33.3 Å². The molecule has 0 atom stereocenters. The van der Waals surface area contributed by atoms with Crippen LogP contribution in [-0.4, -0.2) is 21.5 Å². The molecule has 2 rings (SSSR count). The van der Waals surface area contributed by atoms with Crippen LogP contribution in [0.15, 0.2) is 34.9 Å². The number of terminal acetylenes is 1. The van der Waals surface area contributed by atoms with Crippen molar-refractivity contribution in [3.05, 3.63) is 45.0 Å². The number of ether oxygens (including phenoxy) is 1. The Labute approximate surface area is 128 Å². The lowest BCUT2D eigenvalue weighted by Gasteiger charge is -2.08. The molecule has 0 saturated carbocycles. The molecule has 1 heterocycles. The molecule has 0 aliphatic carbocycles. The summed E-state index contributed by atoms with van der Waals surface area (Å²) in [5, 5.41) is 13.6. The van der Waals surface area contributed by atoms with Crippen LogP contribution in [0.25, 0.3) is 0 Å². The largest absolute Gasteiger partial charge is 0.464 e. The maximum absolute atomic E-state index is 10.7. The van der Waals surface area contributed by atoms with Crippen LogP contribution in [0.5, 0.6) is 5.88 Å². The smallest absolute Gasteiger partial charge is 0.271 e. The minimum Gasteiger partial charge on any atom is -0.464 e. The van der Waals surface area contributed by atoms with Crippen molar-refractivity contribution in [2.45, 2.75) is 0 Å². The number of rotatable bonds is 5. The van der Waals surface area contributed by atoms with Gasteiger partial charge in [-0.25, -0.2) is 4.98 Å². The van der Waals surface area contributed by atoms with E-state index in [2.05, 4.69) is 37.1 Å². The third-order valence-electron chi connectivity index (χ3n) is 2.32. The average molecular weight is 349 g/mol. The van der Waals surface area contributed by atoms with Gasteiger partial charge in [0.1, 0.15) is 0 Å². The van der Waals surface area contributed by atoms with Gasteiger partial charge in [-0.15, -0.1) is 6.42 Å². The number of nitrogens with one attached hydrogen (secondary N) is 1. The molecule has 2 aromatic rings. The highest BCUT2D eigenvalue weighted by Gasteiger charge is 2.09. The Hall–Kier alpha value is -2.66. The minimum atomic E-state index is -0.477. The number of halogens is 1. The number of hydrogen-bond acceptors (Lipinski definition) is 6. The fraction of sp³-hybridized carbons (Fsp3) is 0.0769. The molecule has 0 spiro atoms. The van der Waals surface area contributed by atoms with E-state index >= 15 is 0 Å². The van der Waals surface area contributed by atoms with Crippen LogP contribution in [0, 0.1) is 22.5 Å². The normalized spacial score (nSPS) is 9.71. The molecule has 0 unspecified atom stereocenters. The van der Waals surface area contributed by atoms with Crippen molar-refractivity contribution in [2.24, 2.45) is 0 Å². The Kier molecular flexibility index (Phi) is 4.68. The Morgan fingerprint density at radius 2 is 2.33 bits per heavy atom. The first kappa shape index (κ1) is 14.7. The Bertz CT molecular complexity index is 715. The highest BCUT2D eigenvalue weighted by Crippen LogP contribution is 2.25. The molecule has 0 aliphatic rings. The second-order valence-electron chi connectivity index (χ2n) is 3.77. The maximum Gasteiger partial charge on any atom is 0.271 e. The van der Waals surface area contributed by atoms with Crippen LogP contribution < -0.4 is 10.1 Å². The summed E-state index contributed by atoms with van der Waals surface area (Å²) in [6, 6.07) is 6.01. The lowest BCUT2D eigenvalue weighted by molar-refractivity contribution is -0.384. The zero-order valence-corrected chi connectivity index (χ0v) is 12.2. The monoisotopic (exact) mass is 348 g/mol. The van der Waals surface area contributed by atoms with E-state index in [1.807, 2.05) is 0 Å². The van der Waals surface area contributed by atoms with Gasteiger partial charge in [0.2, 0.25) is 11.8 Å². The van der Waals surface area contributed by atoms with Gasteiger partial charge < -0.3 is 10.1 Å². The van der Waals surface area contributed by atoms with Crippen molar-refractivity contribution in [3.8, 4) is 18.2 Å². The molecule has 0 aliphatic heterocycles. The summed E-state index contributed by atoms with van der Waals surface area (Å²) < 4.78 is 5.80. The highest BCUT2D eigenvalue weighted by molar-refractivity contribution is 9.10. The summed E-state index contributed by atoms with van der Waals surface area (Å²) in [5.74, 6) is 2.86. The fourth-order valence-corrected chi connectivity index (χ4v) is 1.75. The number of nitro benzene ring substituents is 1. The molecule has 0 radical (unpaired) electrons. The van der Waals surface area contributed by atoms with E-state index < -0.39 is 4.92 Å². The van der Waals surface area contributed by atoms with Gasteiger partial charge in [0, 0.05) is 17.8 Å². The van der Waals surface area contributed by atoms with E-state index in [4.69, 9.17) is 11.2 Å². The topological polar surface area (TPSA) is 90.2 Å². The third-order valence-corrected chi connectivity index (χ3v) is 2.86. The van der Waals surface area contributed by atoms with Crippen LogP contribution in [-0.2, 0) is 0 Å². The first-order chi connectivity index (χ1) is 10.1. The second-order valence-corrected chi connectivity index (χ2v) is 4.63. The van der Waals surface area contributed by atoms with E-state index in [1.54, 1.807) is 12.1 Å². The number of anilines is 2. The van der Waals surface area contributed by atoms with Crippen LogP contribution in [0.1, 0.15) is 0 Å². The molecular formula is C13H9BrN4O3. The standard InChI is InChI=1S/C13H9BrN4O3/c1-2-6-21-12-11(14)8-15-13(17-12)16-9-4-3-5-10(7-9)18(19)20/h1,3-5,7-8H,6H2,(H,15,16,17). The second kappa shape index (κ2) is 6.67. The zero-order chi connectivity index (χ0) is 15.2. The lowest BCUT2D eigenvalue weighted by Crippen LogP contribution is -2.02. The molecule has 1 aromatic carbocycles. The van der Waals surface area contributed by atoms with Crippen molar-refractivity contribution < 1.29 is 9.66 Å². The summed E-state index contributed by atoms with van der Waals surface area (Å²) in [7, 11) is 0. The molecule has 8 heteroatoms. The van der Waals surface area contributed by atoms with Gasteiger partial charge in [-0.05, 0) is 22.0 Å². The molecule has 1 aromatic heterocycles. The summed E-state index contributed by atoms with van der Waals surface area (Å²) >= 11 is 3.24. The van der Waals surface area contributed by atoms with Crippen LogP contribution >= 0.6 is 15.9 Å². The summed E-state index contributed by atoms with van der Waals surface area (Å²) in [6.45, 7) is 0.0753. The van der Waals surface area contributed by atoms with Crippen LogP contribution in [0.2, 0.25) is 0 Å².